The Morgan fingerprint density at radius 3 is 2.71 bits per heavy atom. The van der Waals surface area contributed by atoms with E-state index in [9.17, 15) is 9.59 Å². The summed E-state index contributed by atoms with van der Waals surface area (Å²) in [5, 5.41) is 0.998. The smallest absolute Gasteiger partial charge is 0.243 e. The monoisotopic (exact) mass is 421 g/mol. The Morgan fingerprint density at radius 1 is 1.16 bits per heavy atom. The number of carbonyl (C=O) groups excluding carboxylic acids is 2. The highest BCUT2D eigenvalue weighted by atomic mass is 16.5. The van der Waals surface area contributed by atoms with Gasteiger partial charge in [-0.15, -0.1) is 0 Å². The van der Waals surface area contributed by atoms with Crippen LogP contribution < -0.4 is 10.5 Å². The number of carbonyl (C=O) groups is 2. The Labute approximate surface area is 182 Å². The van der Waals surface area contributed by atoms with E-state index in [2.05, 4.69) is 18.8 Å². The molecule has 2 aromatic rings. The van der Waals surface area contributed by atoms with Crippen LogP contribution in [0, 0.1) is 5.92 Å². The van der Waals surface area contributed by atoms with Crippen LogP contribution in [0.5, 0.6) is 5.75 Å². The molecular weight excluding hydrogens is 390 g/mol. The summed E-state index contributed by atoms with van der Waals surface area (Å²) in [5.74, 6) is 0.916. The van der Waals surface area contributed by atoms with E-state index in [1.807, 2.05) is 30.9 Å². The van der Waals surface area contributed by atoms with Gasteiger partial charge in [-0.05, 0) is 56.7 Å². The molecule has 6 rings (SSSR count). The molecule has 1 aromatic carbocycles. The third-order valence-electron chi connectivity index (χ3n) is 8.45. The van der Waals surface area contributed by atoms with Gasteiger partial charge in [0, 0.05) is 35.5 Å². The van der Waals surface area contributed by atoms with E-state index in [0.717, 1.165) is 48.0 Å². The van der Waals surface area contributed by atoms with Crippen molar-refractivity contribution in [1.29, 1.82) is 0 Å². The first-order valence-electron chi connectivity index (χ1n) is 11.5. The molecule has 3 N–H and O–H groups in total. The van der Waals surface area contributed by atoms with Crippen molar-refractivity contribution in [3.8, 4) is 5.75 Å². The second-order valence-electron chi connectivity index (χ2n) is 11.3. The number of aromatic nitrogens is 1. The van der Waals surface area contributed by atoms with Crippen molar-refractivity contribution in [2.24, 2.45) is 11.7 Å². The zero-order valence-corrected chi connectivity index (χ0v) is 18.8. The van der Waals surface area contributed by atoms with Gasteiger partial charge >= 0.3 is 0 Å². The number of piperidine rings is 1. The Morgan fingerprint density at radius 2 is 1.94 bits per heavy atom. The predicted octanol–water partition coefficient (Wildman–Crippen LogP) is 3.45. The maximum Gasteiger partial charge on any atom is 0.243 e. The van der Waals surface area contributed by atoms with E-state index in [1.165, 1.54) is 0 Å². The van der Waals surface area contributed by atoms with Crippen LogP contribution >= 0.6 is 0 Å². The van der Waals surface area contributed by atoms with Gasteiger partial charge in [-0.25, -0.2) is 0 Å². The number of nitrogens with one attached hydrogen (secondary N) is 1. The van der Waals surface area contributed by atoms with Crippen molar-refractivity contribution >= 4 is 22.6 Å². The minimum absolute atomic E-state index is 0.0640. The molecule has 1 aliphatic carbocycles. The lowest BCUT2D eigenvalue weighted by Crippen LogP contribution is -2.71. The van der Waals surface area contributed by atoms with Gasteiger partial charge in [0.25, 0.3) is 0 Å². The molecule has 0 unspecified atom stereocenters. The van der Waals surface area contributed by atoms with Gasteiger partial charge in [0.05, 0.1) is 17.5 Å². The normalized spacial score (nSPS) is 32.9. The maximum atomic E-state index is 13.6. The minimum Gasteiger partial charge on any atom is -0.487 e. The number of amides is 1. The fourth-order valence-electron chi connectivity index (χ4n) is 7.06. The first-order chi connectivity index (χ1) is 14.5. The first kappa shape index (κ1) is 19.4. The third kappa shape index (κ3) is 2.37. The quantitative estimate of drug-likeness (QED) is 0.682. The maximum absolute atomic E-state index is 13.6. The fraction of sp³-hybridized carbons (Fsp3) is 0.600. The summed E-state index contributed by atoms with van der Waals surface area (Å²) in [6, 6.07) is 4.25. The molecule has 1 aromatic heterocycles. The first-order valence-corrected chi connectivity index (χ1v) is 11.5. The summed E-state index contributed by atoms with van der Waals surface area (Å²) in [4.78, 5) is 32.4. The standard InChI is InChI=1S/C25H31N3O3/c1-23(2)12-16(29)19-17(31-23)8-7-14-15-11-25(26)18(24(3,4)21(15)27-20(14)19)10-13-6-5-9-28(13)22(25)30/h7-8,13,18,27H,5-6,9-12,26H2,1-4H3/t13-,18+,25+/m1/s1. The molecule has 164 valence electrons. The molecule has 31 heavy (non-hydrogen) atoms. The van der Waals surface area contributed by atoms with Crippen LogP contribution in [0.1, 0.15) is 75.0 Å². The number of rotatable bonds is 0. The molecule has 0 radical (unpaired) electrons. The number of fused-ring (bicyclic) bond motifs is 7. The summed E-state index contributed by atoms with van der Waals surface area (Å²) < 4.78 is 6.14. The van der Waals surface area contributed by atoms with Gasteiger partial charge in [0.2, 0.25) is 5.91 Å². The van der Waals surface area contributed by atoms with Gasteiger partial charge in [-0.3, -0.25) is 9.59 Å². The summed E-state index contributed by atoms with van der Waals surface area (Å²) in [6.45, 7) is 9.13. The second-order valence-corrected chi connectivity index (χ2v) is 11.3. The fourth-order valence-corrected chi connectivity index (χ4v) is 7.06. The van der Waals surface area contributed by atoms with E-state index in [4.69, 9.17) is 10.5 Å². The number of nitrogens with zero attached hydrogens (tertiary/aromatic N) is 1. The number of hydrogen-bond acceptors (Lipinski definition) is 4. The predicted molar refractivity (Wildman–Crippen MR) is 118 cm³/mol. The molecule has 4 aliphatic rings. The van der Waals surface area contributed by atoms with Crippen molar-refractivity contribution in [3.63, 3.8) is 0 Å². The van der Waals surface area contributed by atoms with Gasteiger partial charge < -0.3 is 20.4 Å². The zero-order valence-electron chi connectivity index (χ0n) is 18.8. The second kappa shape index (κ2) is 5.71. The number of aromatic amines is 1. The van der Waals surface area contributed by atoms with E-state index >= 15 is 0 Å². The van der Waals surface area contributed by atoms with Crippen LogP contribution in [0.2, 0.25) is 0 Å². The molecule has 2 saturated heterocycles. The molecule has 6 nitrogen and oxygen atoms in total. The Kier molecular flexibility index (Phi) is 3.57. The highest BCUT2D eigenvalue weighted by molar-refractivity contribution is 6.11. The van der Waals surface area contributed by atoms with Gasteiger partial charge in [-0.2, -0.15) is 0 Å². The number of H-pyrrole nitrogens is 1. The minimum atomic E-state index is -0.898. The zero-order chi connectivity index (χ0) is 21.9. The molecule has 0 saturated carbocycles. The topological polar surface area (TPSA) is 88.4 Å². The highest BCUT2D eigenvalue weighted by Gasteiger charge is 2.60. The van der Waals surface area contributed by atoms with Gasteiger partial charge in [0.1, 0.15) is 16.9 Å². The van der Waals surface area contributed by atoms with E-state index in [-0.39, 0.29) is 23.0 Å². The Hall–Kier alpha value is -2.34. The largest absolute Gasteiger partial charge is 0.487 e. The molecule has 3 atom stereocenters. The number of ketones is 1. The molecular formula is C25H31N3O3. The summed E-state index contributed by atoms with van der Waals surface area (Å²) >= 11 is 0. The number of nitrogens with two attached hydrogens (primary N) is 1. The van der Waals surface area contributed by atoms with Crippen LogP contribution in [0.3, 0.4) is 0 Å². The van der Waals surface area contributed by atoms with E-state index in [0.29, 0.717) is 30.2 Å². The lowest BCUT2D eigenvalue weighted by Gasteiger charge is -2.55. The molecule has 4 heterocycles. The van der Waals surface area contributed by atoms with Crippen LogP contribution in [0.25, 0.3) is 10.9 Å². The highest BCUT2D eigenvalue weighted by Crippen LogP contribution is 2.53. The Balaban J connectivity index is 1.56. The average Bonchev–Trinajstić information content (AvgIpc) is 3.28. The van der Waals surface area contributed by atoms with Crippen molar-refractivity contribution in [1.82, 2.24) is 9.88 Å². The average molecular weight is 422 g/mol. The van der Waals surface area contributed by atoms with Crippen LogP contribution in [-0.2, 0) is 16.6 Å². The number of ether oxygens (including phenoxy) is 1. The molecule has 0 bridgehead atoms. The van der Waals surface area contributed by atoms with Gasteiger partial charge in [-0.1, -0.05) is 13.8 Å². The van der Waals surface area contributed by atoms with Crippen molar-refractivity contribution < 1.29 is 14.3 Å². The van der Waals surface area contributed by atoms with Crippen LogP contribution in [0.4, 0.5) is 0 Å². The molecule has 6 heteroatoms. The molecule has 0 spiro atoms. The van der Waals surface area contributed by atoms with Crippen LogP contribution in [0.15, 0.2) is 12.1 Å². The summed E-state index contributed by atoms with van der Waals surface area (Å²) in [6.07, 6.45) is 3.95. The Bertz CT molecular complexity index is 1160. The van der Waals surface area contributed by atoms with Gasteiger partial charge in [0.15, 0.2) is 5.78 Å². The van der Waals surface area contributed by atoms with E-state index in [1.54, 1.807) is 0 Å². The molecule has 3 aliphatic heterocycles. The number of Topliss-reactive ketones (excluding diaryl/α,β-unsaturated/α-hetero) is 1. The summed E-state index contributed by atoms with van der Waals surface area (Å²) in [7, 11) is 0. The van der Waals surface area contributed by atoms with Crippen molar-refractivity contribution in [2.75, 3.05) is 6.54 Å². The summed E-state index contributed by atoms with van der Waals surface area (Å²) in [5.41, 5.74) is 9.01. The number of benzene rings is 1. The third-order valence-corrected chi connectivity index (χ3v) is 8.45. The lowest BCUT2D eigenvalue weighted by atomic mass is 9.56. The molecule has 1 amide bonds. The SMILES string of the molecule is CC1(C)CC(=O)c2c(ccc3c4c([nH]c23)C(C)(C)[C@@H]2C[C@H]3CCCN3C(=O)[C@]2(N)C4)O1. The molecule has 2 fully saturated rings. The van der Waals surface area contributed by atoms with Crippen molar-refractivity contribution in [2.45, 2.75) is 82.4 Å². The van der Waals surface area contributed by atoms with Crippen molar-refractivity contribution in [3.05, 3.63) is 29.0 Å². The van der Waals surface area contributed by atoms with E-state index < -0.39 is 11.1 Å². The van der Waals surface area contributed by atoms with Crippen LogP contribution in [-0.4, -0.2) is 45.3 Å². The number of hydrogen-bond donors (Lipinski definition) is 2. The lowest BCUT2D eigenvalue weighted by molar-refractivity contribution is -0.148.